The minimum Gasteiger partial charge on any atom is -0.324 e. The number of benzene rings is 1. The van der Waals surface area contributed by atoms with Gasteiger partial charge in [-0.15, -0.1) is 0 Å². The van der Waals surface area contributed by atoms with E-state index < -0.39 is 0 Å². The van der Waals surface area contributed by atoms with Crippen LogP contribution in [0.5, 0.6) is 0 Å². The first-order valence-corrected chi connectivity index (χ1v) is 7.09. The van der Waals surface area contributed by atoms with E-state index in [1.54, 1.807) is 42.6 Å². The Hall–Kier alpha value is -2.03. The number of carbonyl (C=O) groups excluding carboxylic acids is 1. The molecule has 0 saturated heterocycles. The van der Waals surface area contributed by atoms with Crippen molar-refractivity contribution in [3.8, 4) is 6.07 Å². The molecule has 20 heavy (non-hydrogen) atoms. The molecule has 1 heterocycles. The number of para-hydroxylation sites is 1. The number of rotatable bonds is 4. The highest BCUT2D eigenvalue weighted by Crippen LogP contribution is 2.24. The number of nitrogens with zero attached hydrogens (tertiary/aromatic N) is 2. The third-order valence-corrected chi connectivity index (χ3v) is 3.81. The zero-order valence-corrected chi connectivity index (χ0v) is 11.9. The number of nitriles is 1. The highest BCUT2D eigenvalue weighted by Gasteiger charge is 2.08. The molecule has 0 aliphatic rings. The second-order valence-electron chi connectivity index (χ2n) is 3.78. The first kappa shape index (κ1) is 14.4. The summed E-state index contributed by atoms with van der Waals surface area (Å²) in [7, 11) is 0. The van der Waals surface area contributed by atoms with Crippen molar-refractivity contribution in [2.45, 2.75) is 5.03 Å². The Morgan fingerprint density at radius 1 is 1.35 bits per heavy atom. The van der Waals surface area contributed by atoms with Crippen molar-refractivity contribution in [2.75, 3.05) is 11.1 Å². The van der Waals surface area contributed by atoms with E-state index in [0.29, 0.717) is 21.3 Å². The zero-order chi connectivity index (χ0) is 14.4. The lowest BCUT2D eigenvalue weighted by Gasteiger charge is -2.06. The predicted molar refractivity (Wildman–Crippen MR) is 79.8 cm³/mol. The van der Waals surface area contributed by atoms with Gasteiger partial charge in [0.15, 0.2) is 0 Å². The highest BCUT2D eigenvalue weighted by molar-refractivity contribution is 8.00. The molecule has 0 atom stereocenters. The number of nitrogens with one attached hydrogen (secondary N) is 1. The quantitative estimate of drug-likeness (QED) is 0.880. The first-order chi connectivity index (χ1) is 9.70. The number of aromatic nitrogens is 1. The van der Waals surface area contributed by atoms with Crippen molar-refractivity contribution in [1.82, 2.24) is 4.98 Å². The Balaban J connectivity index is 1.97. The Morgan fingerprint density at radius 2 is 2.15 bits per heavy atom. The van der Waals surface area contributed by atoms with Gasteiger partial charge in [0.25, 0.3) is 0 Å². The van der Waals surface area contributed by atoms with Gasteiger partial charge in [-0.3, -0.25) is 4.79 Å². The van der Waals surface area contributed by atoms with Gasteiger partial charge in [0.1, 0.15) is 11.1 Å². The van der Waals surface area contributed by atoms with E-state index in [4.69, 9.17) is 16.9 Å². The van der Waals surface area contributed by atoms with Crippen LogP contribution in [0.15, 0.2) is 47.6 Å². The third kappa shape index (κ3) is 3.73. The summed E-state index contributed by atoms with van der Waals surface area (Å²) in [5.41, 5.74) is 0.939. The van der Waals surface area contributed by atoms with Crippen LogP contribution in [0.25, 0.3) is 0 Å². The molecule has 0 fully saturated rings. The Morgan fingerprint density at radius 3 is 2.90 bits per heavy atom. The van der Waals surface area contributed by atoms with Crippen molar-refractivity contribution in [3.05, 3.63) is 53.2 Å². The Bertz CT molecular complexity index is 669. The van der Waals surface area contributed by atoms with Gasteiger partial charge in [0, 0.05) is 6.20 Å². The lowest BCUT2D eigenvalue weighted by molar-refractivity contribution is -0.113. The van der Waals surface area contributed by atoms with E-state index in [1.807, 2.05) is 6.07 Å². The minimum absolute atomic E-state index is 0.177. The normalized spacial score (nSPS) is 9.80. The fraction of sp³-hybridized carbons (Fsp3) is 0.0714. The lowest BCUT2D eigenvalue weighted by atomic mass is 10.2. The largest absolute Gasteiger partial charge is 0.324 e. The van der Waals surface area contributed by atoms with Gasteiger partial charge < -0.3 is 5.32 Å². The number of amides is 1. The van der Waals surface area contributed by atoms with Crippen molar-refractivity contribution >= 4 is 35.0 Å². The summed E-state index contributed by atoms with van der Waals surface area (Å²) in [4.78, 5) is 15.9. The maximum Gasteiger partial charge on any atom is 0.234 e. The van der Waals surface area contributed by atoms with Crippen LogP contribution in [0.4, 0.5) is 5.69 Å². The number of pyridine rings is 1. The molecule has 0 unspecified atom stereocenters. The fourth-order valence-corrected chi connectivity index (χ4v) is 2.45. The molecular weight excluding hydrogens is 294 g/mol. The molecule has 0 radical (unpaired) electrons. The molecule has 0 aliphatic carbocycles. The number of hydrogen-bond donors (Lipinski definition) is 1. The first-order valence-electron chi connectivity index (χ1n) is 5.73. The van der Waals surface area contributed by atoms with Crippen molar-refractivity contribution in [3.63, 3.8) is 0 Å². The number of hydrogen-bond acceptors (Lipinski definition) is 4. The van der Waals surface area contributed by atoms with E-state index in [0.717, 1.165) is 0 Å². The molecule has 1 aromatic heterocycles. The van der Waals surface area contributed by atoms with Gasteiger partial charge in [-0.2, -0.15) is 5.26 Å². The Labute approximate surface area is 125 Å². The van der Waals surface area contributed by atoms with Crippen LogP contribution < -0.4 is 5.32 Å². The van der Waals surface area contributed by atoms with Crippen LogP contribution >= 0.6 is 23.4 Å². The van der Waals surface area contributed by atoms with Crippen molar-refractivity contribution < 1.29 is 4.79 Å². The second-order valence-corrected chi connectivity index (χ2v) is 5.16. The summed E-state index contributed by atoms with van der Waals surface area (Å²) in [6.45, 7) is 0. The number of halogens is 1. The fourth-order valence-electron chi connectivity index (χ4n) is 1.49. The molecule has 100 valence electrons. The maximum absolute atomic E-state index is 11.9. The molecule has 0 aliphatic heterocycles. The standard InChI is InChI=1S/C14H10ClN3OS/c15-11-5-3-7-17-14(11)20-9-13(19)18-12-6-2-1-4-10(12)8-16/h1-7H,9H2,(H,18,19). The molecule has 2 aromatic rings. The van der Waals surface area contributed by atoms with Crippen molar-refractivity contribution in [2.24, 2.45) is 0 Å². The molecule has 0 spiro atoms. The maximum atomic E-state index is 11.9. The van der Waals surface area contributed by atoms with Crippen LogP contribution in [-0.4, -0.2) is 16.6 Å². The van der Waals surface area contributed by atoms with Gasteiger partial charge >= 0.3 is 0 Å². The van der Waals surface area contributed by atoms with Gasteiger partial charge in [0.2, 0.25) is 5.91 Å². The van der Waals surface area contributed by atoms with E-state index in [1.165, 1.54) is 11.8 Å². The summed E-state index contributed by atoms with van der Waals surface area (Å²) in [5.74, 6) is -0.0318. The van der Waals surface area contributed by atoms with Crippen LogP contribution in [-0.2, 0) is 4.79 Å². The van der Waals surface area contributed by atoms with Gasteiger partial charge in [-0.1, -0.05) is 35.5 Å². The second kappa shape index (κ2) is 6.94. The number of anilines is 1. The summed E-state index contributed by atoms with van der Waals surface area (Å²) < 4.78 is 0. The molecule has 0 bridgehead atoms. The SMILES string of the molecule is N#Cc1ccccc1NC(=O)CSc1ncccc1Cl. The van der Waals surface area contributed by atoms with E-state index in [-0.39, 0.29) is 11.7 Å². The van der Waals surface area contributed by atoms with E-state index >= 15 is 0 Å². The Kier molecular flexibility index (Phi) is 4.99. The van der Waals surface area contributed by atoms with Crippen LogP contribution in [0.2, 0.25) is 5.02 Å². The molecule has 0 saturated carbocycles. The topological polar surface area (TPSA) is 65.8 Å². The molecule has 2 rings (SSSR count). The number of thioether (sulfide) groups is 1. The lowest BCUT2D eigenvalue weighted by Crippen LogP contribution is -2.15. The van der Waals surface area contributed by atoms with E-state index in [9.17, 15) is 4.79 Å². The third-order valence-electron chi connectivity index (χ3n) is 2.39. The van der Waals surface area contributed by atoms with Crippen molar-refractivity contribution in [1.29, 1.82) is 5.26 Å². The predicted octanol–water partition coefficient (Wildman–Crippen LogP) is 3.34. The zero-order valence-electron chi connectivity index (χ0n) is 10.3. The molecule has 4 nitrogen and oxygen atoms in total. The van der Waals surface area contributed by atoms with Crippen LogP contribution in [0, 0.1) is 11.3 Å². The van der Waals surface area contributed by atoms with Crippen LogP contribution in [0.1, 0.15) is 5.56 Å². The molecule has 1 aromatic carbocycles. The van der Waals surface area contributed by atoms with Gasteiger partial charge in [0.05, 0.1) is 22.0 Å². The average Bonchev–Trinajstić information content (AvgIpc) is 2.47. The smallest absolute Gasteiger partial charge is 0.234 e. The number of carbonyl (C=O) groups is 1. The summed E-state index contributed by atoms with van der Waals surface area (Å²) >= 11 is 7.21. The average molecular weight is 304 g/mol. The van der Waals surface area contributed by atoms with Gasteiger partial charge in [-0.05, 0) is 24.3 Å². The molecular formula is C14H10ClN3OS. The van der Waals surface area contributed by atoms with Gasteiger partial charge in [-0.25, -0.2) is 4.98 Å². The monoisotopic (exact) mass is 303 g/mol. The molecule has 6 heteroatoms. The molecule has 1 amide bonds. The van der Waals surface area contributed by atoms with Crippen LogP contribution in [0.3, 0.4) is 0 Å². The summed E-state index contributed by atoms with van der Waals surface area (Å²) in [5, 5.41) is 12.8. The minimum atomic E-state index is -0.209. The summed E-state index contributed by atoms with van der Waals surface area (Å²) in [6.07, 6.45) is 1.62. The summed E-state index contributed by atoms with van der Waals surface area (Å²) in [6, 6.07) is 12.3. The molecule has 1 N–H and O–H groups in total. The van der Waals surface area contributed by atoms with E-state index in [2.05, 4.69) is 10.3 Å². The highest BCUT2D eigenvalue weighted by atomic mass is 35.5.